The van der Waals surface area contributed by atoms with Crippen LogP contribution in [0, 0.1) is 13.8 Å². The first-order valence-corrected chi connectivity index (χ1v) is 8.39. The molecule has 3 nitrogen and oxygen atoms in total. The molecule has 0 bridgehead atoms. The summed E-state index contributed by atoms with van der Waals surface area (Å²) in [5.41, 5.74) is 6.52. The molecule has 0 fully saturated rings. The average Bonchev–Trinajstić information content (AvgIpc) is 2.58. The lowest BCUT2D eigenvalue weighted by Gasteiger charge is -2.12. The monoisotopic (exact) mass is 331 g/mol. The van der Waals surface area contributed by atoms with Crippen LogP contribution in [0.15, 0.2) is 54.7 Å². The number of fused-ring (bicyclic) bond motifs is 1. The normalized spacial score (nSPS) is 11.2. The van der Waals surface area contributed by atoms with Crippen LogP contribution >= 0.6 is 0 Å². The van der Waals surface area contributed by atoms with Crippen molar-refractivity contribution in [1.82, 2.24) is 4.98 Å². The van der Waals surface area contributed by atoms with Gasteiger partial charge in [0.05, 0.1) is 12.1 Å². The third kappa shape index (κ3) is 3.77. The molecule has 0 spiro atoms. The van der Waals surface area contributed by atoms with Gasteiger partial charge in [0.1, 0.15) is 0 Å². The second kappa shape index (κ2) is 7.31. The van der Waals surface area contributed by atoms with E-state index < -0.39 is 0 Å². The zero-order valence-corrected chi connectivity index (χ0v) is 14.7. The number of pyridine rings is 1. The minimum absolute atomic E-state index is 0.333. The summed E-state index contributed by atoms with van der Waals surface area (Å²) in [6, 6.07) is 14.5. The molecule has 1 heterocycles. The van der Waals surface area contributed by atoms with Crippen LogP contribution < -0.4 is 0 Å². The molecule has 25 heavy (non-hydrogen) atoms. The highest BCUT2D eigenvalue weighted by atomic mass is 16.5. The fourth-order valence-corrected chi connectivity index (χ4v) is 3.10. The van der Waals surface area contributed by atoms with Gasteiger partial charge in [-0.1, -0.05) is 41.5 Å². The highest BCUT2D eigenvalue weighted by molar-refractivity contribution is 6.00. The van der Waals surface area contributed by atoms with Crippen molar-refractivity contribution in [3.8, 4) is 11.1 Å². The van der Waals surface area contributed by atoms with E-state index in [9.17, 15) is 4.79 Å². The van der Waals surface area contributed by atoms with Gasteiger partial charge < -0.3 is 4.74 Å². The Labute approximate surface area is 148 Å². The largest absolute Gasteiger partial charge is 0.463 e. The molecule has 2 aromatic carbocycles. The molecule has 0 amide bonds. The summed E-state index contributed by atoms with van der Waals surface area (Å²) in [5, 5.41) is 1.07. The van der Waals surface area contributed by atoms with Gasteiger partial charge in [-0.05, 0) is 55.7 Å². The summed E-state index contributed by atoms with van der Waals surface area (Å²) in [7, 11) is 0. The van der Waals surface area contributed by atoms with Crippen molar-refractivity contribution in [2.45, 2.75) is 20.8 Å². The molecule has 0 unspecified atom stereocenters. The predicted octanol–water partition coefficient (Wildman–Crippen LogP) is 5.09. The van der Waals surface area contributed by atoms with Gasteiger partial charge in [0.15, 0.2) is 0 Å². The number of hydrogen-bond donors (Lipinski definition) is 0. The van der Waals surface area contributed by atoms with Crippen LogP contribution in [-0.4, -0.2) is 17.6 Å². The molecule has 0 N–H and O–H groups in total. The summed E-state index contributed by atoms with van der Waals surface area (Å²) in [6.07, 6.45) is 5.09. The Morgan fingerprint density at radius 1 is 1.12 bits per heavy atom. The fraction of sp³-hybridized carbons (Fsp3) is 0.182. The summed E-state index contributed by atoms with van der Waals surface area (Å²) >= 11 is 0. The second-order valence-corrected chi connectivity index (χ2v) is 6.06. The zero-order valence-electron chi connectivity index (χ0n) is 14.7. The minimum Gasteiger partial charge on any atom is -0.463 e. The van der Waals surface area contributed by atoms with E-state index in [1.54, 1.807) is 13.1 Å². The predicted molar refractivity (Wildman–Crippen MR) is 102 cm³/mol. The number of benzene rings is 2. The third-order valence-electron chi connectivity index (χ3n) is 4.01. The number of aromatic nitrogens is 1. The van der Waals surface area contributed by atoms with E-state index in [1.807, 2.05) is 24.3 Å². The Morgan fingerprint density at radius 2 is 1.88 bits per heavy atom. The standard InChI is InChI=1S/C22H21NO2/c1-4-25-21(24)10-8-17-7-9-20-19(6-5-11-23-20)22(17)18-13-15(2)12-16(3)14-18/h5-14H,4H2,1-3H3/b10-8+. The third-order valence-corrected chi connectivity index (χ3v) is 4.01. The van der Waals surface area contributed by atoms with Crippen molar-refractivity contribution in [2.24, 2.45) is 0 Å². The number of aryl methyl sites for hydroxylation is 2. The van der Waals surface area contributed by atoms with Crippen LogP contribution in [0.25, 0.3) is 28.1 Å². The topological polar surface area (TPSA) is 39.2 Å². The Morgan fingerprint density at radius 3 is 2.60 bits per heavy atom. The molecule has 0 saturated carbocycles. The quantitative estimate of drug-likeness (QED) is 0.493. The van der Waals surface area contributed by atoms with Crippen LogP contribution in [0.4, 0.5) is 0 Å². The lowest BCUT2D eigenvalue weighted by molar-refractivity contribution is -0.137. The summed E-state index contributed by atoms with van der Waals surface area (Å²) in [5.74, 6) is -0.333. The molecule has 3 aromatic rings. The van der Waals surface area contributed by atoms with Gasteiger partial charge in [0.2, 0.25) is 0 Å². The van der Waals surface area contributed by atoms with E-state index in [4.69, 9.17) is 4.74 Å². The SMILES string of the molecule is CCOC(=O)/C=C/c1ccc2ncccc2c1-c1cc(C)cc(C)c1. The maximum Gasteiger partial charge on any atom is 0.330 e. The van der Waals surface area contributed by atoms with E-state index in [0.717, 1.165) is 27.6 Å². The Bertz CT molecular complexity index is 937. The molecule has 1 aromatic heterocycles. The summed E-state index contributed by atoms with van der Waals surface area (Å²) < 4.78 is 5.00. The highest BCUT2D eigenvalue weighted by Crippen LogP contribution is 2.33. The van der Waals surface area contributed by atoms with Crippen LogP contribution in [0.1, 0.15) is 23.6 Å². The van der Waals surface area contributed by atoms with Crippen molar-refractivity contribution >= 4 is 22.9 Å². The first-order chi connectivity index (χ1) is 12.1. The molecule has 0 saturated heterocycles. The van der Waals surface area contributed by atoms with Crippen LogP contribution in [0.5, 0.6) is 0 Å². The fourth-order valence-electron chi connectivity index (χ4n) is 3.10. The molecule has 0 aliphatic heterocycles. The van der Waals surface area contributed by atoms with Gasteiger partial charge in [0.25, 0.3) is 0 Å². The van der Waals surface area contributed by atoms with Gasteiger partial charge in [-0.2, -0.15) is 0 Å². The molecule has 0 aliphatic rings. The van der Waals surface area contributed by atoms with Crippen LogP contribution in [-0.2, 0) is 9.53 Å². The van der Waals surface area contributed by atoms with Gasteiger partial charge >= 0.3 is 5.97 Å². The number of carbonyl (C=O) groups excluding carboxylic acids is 1. The number of carbonyl (C=O) groups is 1. The van der Waals surface area contributed by atoms with Gasteiger partial charge in [-0.25, -0.2) is 4.79 Å². The summed E-state index contributed by atoms with van der Waals surface area (Å²) in [4.78, 5) is 16.2. The van der Waals surface area contributed by atoms with Crippen LogP contribution in [0.3, 0.4) is 0 Å². The average molecular weight is 331 g/mol. The van der Waals surface area contributed by atoms with Crippen molar-refractivity contribution in [3.05, 3.63) is 71.4 Å². The summed E-state index contributed by atoms with van der Waals surface area (Å²) in [6.45, 7) is 6.35. The smallest absolute Gasteiger partial charge is 0.330 e. The first-order valence-electron chi connectivity index (χ1n) is 8.39. The van der Waals surface area contributed by atoms with Gasteiger partial charge in [-0.15, -0.1) is 0 Å². The molecule has 0 aliphatic carbocycles. The van der Waals surface area contributed by atoms with Crippen molar-refractivity contribution in [3.63, 3.8) is 0 Å². The molecular weight excluding hydrogens is 310 g/mol. The Kier molecular flexibility index (Phi) is 4.94. The number of hydrogen-bond acceptors (Lipinski definition) is 3. The van der Waals surface area contributed by atoms with Gasteiger partial charge in [-0.3, -0.25) is 4.98 Å². The Balaban J connectivity index is 2.22. The molecule has 3 rings (SSSR count). The lowest BCUT2D eigenvalue weighted by Crippen LogP contribution is -1.99. The maximum absolute atomic E-state index is 11.7. The Hall–Kier alpha value is -2.94. The van der Waals surface area contributed by atoms with Crippen molar-refractivity contribution in [2.75, 3.05) is 6.61 Å². The molecule has 126 valence electrons. The van der Waals surface area contributed by atoms with E-state index in [2.05, 4.69) is 43.1 Å². The van der Waals surface area contributed by atoms with E-state index in [1.165, 1.54) is 17.2 Å². The second-order valence-electron chi connectivity index (χ2n) is 6.06. The lowest BCUT2D eigenvalue weighted by atomic mass is 9.92. The number of nitrogens with zero attached hydrogens (tertiary/aromatic N) is 1. The molecule has 0 radical (unpaired) electrons. The first kappa shape index (κ1) is 16.9. The van der Waals surface area contributed by atoms with Crippen molar-refractivity contribution in [1.29, 1.82) is 0 Å². The van der Waals surface area contributed by atoms with Crippen molar-refractivity contribution < 1.29 is 9.53 Å². The van der Waals surface area contributed by atoms with Crippen LogP contribution in [0.2, 0.25) is 0 Å². The molecular formula is C22H21NO2. The number of esters is 1. The molecule has 0 atom stereocenters. The maximum atomic E-state index is 11.7. The van der Waals surface area contributed by atoms with Gasteiger partial charge in [0, 0.05) is 17.7 Å². The number of rotatable bonds is 4. The zero-order chi connectivity index (χ0) is 17.8. The highest BCUT2D eigenvalue weighted by Gasteiger charge is 2.10. The van der Waals surface area contributed by atoms with E-state index in [0.29, 0.717) is 6.61 Å². The minimum atomic E-state index is -0.333. The van der Waals surface area contributed by atoms with E-state index >= 15 is 0 Å². The molecule has 3 heteroatoms. The van der Waals surface area contributed by atoms with E-state index in [-0.39, 0.29) is 5.97 Å². The number of ether oxygens (including phenoxy) is 1.